The Kier molecular flexibility index (Phi) is 8.13. The highest BCUT2D eigenvalue weighted by Gasteiger charge is 2.17. The number of hydrogen-bond donors (Lipinski definition) is 1. The van der Waals surface area contributed by atoms with Crippen LogP contribution in [0.2, 0.25) is 0 Å². The molecule has 1 heterocycles. The van der Waals surface area contributed by atoms with Crippen molar-refractivity contribution in [1.29, 1.82) is 0 Å². The summed E-state index contributed by atoms with van der Waals surface area (Å²) in [6.07, 6.45) is 15.2. The normalized spacial score (nSPS) is 21.3. The first kappa shape index (κ1) is 14.5. The van der Waals surface area contributed by atoms with Gasteiger partial charge in [-0.3, -0.25) is 0 Å². The zero-order chi connectivity index (χ0) is 12.3. The fourth-order valence-corrected chi connectivity index (χ4v) is 2.41. The number of nitrogens with one attached hydrogen (secondary N) is 1. The van der Waals surface area contributed by atoms with E-state index in [1.165, 1.54) is 38.5 Å². The van der Waals surface area contributed by atoms with Gasteiger partial charge in [0.1, 0.15) is 0 Å². The second kappa shape index (κ2) is 9.50. The van der Waals surface area contributed by atoms with Crippen molar-refractivity contribution in [3.8, 4) is 12.3 Å². The maximum Gasteiger partial charge on any atom is 0.0576 e. The summed E-state index contributed by atoms with van der Waals surface area (Å²) >= 11 is 0. The third-order valence-corrected chi connectivity index (χ3v) is 3.42. The number of terminal acetylenes is 1. The minimum atomic E-state index is 0.522. The van der Waals surface area contributed by atoms with Crippen LogP contribution in [0.3, 0.4) is 0 Å². The minimum Gasteiger partial charge on any atom is -0.378 e. The van der Waals surface area contributed by atoms with Crippen LogP contribution in [-0.4, -0.2) is 25.3 Å². The van der Waals surface area contributed by atoms with Crippen molar-refractivity contribution in [3.05, 3.63) is 0 Å². The fourth-order valence-electron chi connectivity index (χ4n) is 2.41. The molecule has 0 spiro atoms. The summed E-state index contributed by atoms with van der Waals surface area (Å²) < 4.78 is 5.67. The summed E-state index contributed by atoms with van der Waals surface area (Å²) in [5.74, 6) is 2.72. The topological polar surface area (TPSA) is 21.3 Å². The van der Waals surface area contributed by atoms with Gasteiger partial charge >= 0.3 is 0 Å². The standard InChI is InChI=1S/C15H27NO/c1-3-5-6-8-14(16-12-4-2)10-11-15-9-7-13-17-15/h1,14-16H,4-13H2,2H3. The first-order chi connectivity index (χ1) is 8.36. The Morgan fingerprint density at radius 3 is 3.00 bits per heavy atom. The van der Waals surface area contributed by atoms with Crippen LogP contribution >= 0.6 is 0 Å². The molecule has 1 saturated heterocycles. The molecule has 0 radical (unpaired) electrons. The Balaban J connectivity index is 2.16. The van der Waals surface area contributed by atoms with Gasteiger partial charge in [0.25, 0.3) is 0 Å². The molecule has 0 saturated carbocycles. The molecule has 1 aliphatic heterocycles. The smallest absolute Gasteiger partial charge is 0.0576 e. The predicted octanol–water partition coefficient (Wildman–Crippen LogP) is 3.12. The first-order valence-electron chi connectivity index (χ1n) is 7.15. The van der Waals surface area contributed by atoms with Gasteiger partial charge in [-0.25, -0.2) is 0 Å². The molecule has 1 fully saturated rings. The van der Waals surface area contributed by atoms with Crippen molar-refractivity contribution in [2.75, 3.05) is 13.2 Å². The summed E-state index contributed by atoms with van der Waals surface area (Å²) in [7, 11) is 0. The zero-order valence-corrected chi connectivity index (χ0v) is 11.2. The van der Waals surface area contributed by atoms with E-state index in [2.05, 4.69) is 18.2 Å². The predicted molar refractivity (Wildman–Crippen MR) is 73.0 cm³/mol. The van der Waals surface area contributed by atoms with Crippen LogP contribution in [0.1, 0.15) is 58.3 Å². The highest BCUT2D eigenvalue weighted by molar-refractivity contribution is 4.84. The molecule has 2 unspecified atom stereocenters. The Bertz CT molecular complexity index is 215. The van der Waals surface area contributed by atoms with Gasteiger partial charge in [-0.15, -0.1) is 12.3 Å². The van der Waals surface area contributed by atoms with Crippen molar-refractivity contribution in [2.45, 2.75) is 70.4 Å². The molecule has 1 aliphatic rings. The lowest BCUT2D eigenvalue weighted by atomic mass is 10.0. The lowest BCUT2D eigenvalue weighted by Gasteiger charge is -2.19. The van der Waals surface area contributed by atoms with E-state index in [0.29, 0.717) is 12.1 Å². The molecular formula is C15H27NO. The SMILES string of the molecule is C#CCCCC(CCC1CCCO1)NCCC. The van der Waals surface area contributed by atoms with Crippen molar-refractivity contribution in [1.82, 2.24) is 5.32 Å². The Labute approximate surface area is 107 Å². The van der Waals surface area contributed by atoms with E-state index in [-0.39, 0.29) is 0 Å². The van der Waals surface area contributed by atoms with Crippen LogP contribution in [0.5, 0.6) is 0 Å². The van der Waals surface area contributed by atoms with E-state index in [0.717, 1.165) is 26.0 Å². The maximum absolute atomic E-state index is 5.67. The van der Waals surface area contributed by atoms with Gasteiger partial charge in [0.15, 0.2) is 0 Å². The van der Waals surface area contributed by atoms with E-state index in [4.69, 9.17) is 11.2 Å². The quantitative estimate of drug-likeness (QED) is 0.491. The van der Waals surface area contributed by atoms with Crippen LogP contribution < -0.4 is 5.32 Å². The van der Waals surface area contributed by atoms with E-state index in [1.807, 2.05) is 0 Å². The third kappa shape index (κ3) is 6.71. The Morgan fingerprint density at radius 2 is 2.35 bits per heavy atom. The number of hydrogen-bond acceptors (Lipinski definition) is 2. The van der Waals surface area contributed by atoms with Crippen LogP contribution in [0.15, 0.2) is 0 Å². The highest BCUT2D eigenvalue weighted by Crippen LogP contribution is 2.19. The van der Waals surface area contributed by atoms with Gasteiger partial charge in [0, 0.05) is 19.1 Å². The Hall–Kier alpha value is -0.520. The van der Waals surface area contributed by atoms with Crippen molar-refractivity contribution < 1.29 is 4.74 Å². The van der Waals surface area contributed by atoms with Crippen molar-refractivity contribution in [3.63, 3.8) is 0 Å². The number of rotatable bonds is 9. The summed E-state index contributed by atoms with van der Waals surface area (Å²) in [5, 5.41) is 3.63. The largest absolute Gasteiger partial charge is 0.378 e. The summed E-state index contributed by atoms with van der Waals surface area (Å²) in [4.78, 5) is 0. The van der Waals surface area contributed by atoms with Gasteiger partial charge in [-0.05, 0) is 51.5 Å². The molecule has 1 N–H and O–H groups in total. The van der Waals surface area contributed by atoms with Crippen molar-refractivity contribution in [2.24, 2.45) is 0 Å². The van der Waals surface area contributed by atoms with Gasteiger partial charge in [0.2, 0.25) is 0 Å². The maximum atomic E-state index is 5.67. The molecule has 2 nitrogen and oxygen atoms in total. The second-order valence-electron chi connectivity index (χ2n) is 4.96. The van der Waals surface area contributed by atoms with Gasteiger partial charge in [-0.1, -0.05) is 6.92 Å². The third-order valence-electron chi connectivity index (χ3n) is 3.42. The van der Waals surface area contributed by atoms with Gasteiger partial charge < -0.3 is 10.1 Å². The second-order valence-corrected chi connectivity index (χ2v) is 4.96. The zero-order valence-electron chi connectivity index (χ0n) is 11.2. The first-order valence-corrected chi connectivity index (χ1v) is 7.15. The summed E-state index contributed by atoms with van der Waals surface area (Å²) in [6, 6.07) is 0.632. The molecule has 0 amide bonds. The molecule has 0 aromatic carbocycles. The van der Waals surface area contributed by atoms with Gasteiger partial charge in [0.05, 0.1) is 6.10 Å². The van der Waals surface area contributed by atoms with E-state index >= 15 is 0 Å². The van der Waals surface area contributed by atoms with Crippen LogP contribution in [0.4, 0.5) is 0 Å². The highest BCUT2D eigenvalue weighted by atomic mass is 16.5. The molecule has 0 aromatic heterocycles. The van der Waals surface area contributed by atoms with Crippen LogP contribution in [-0.2, 0) is 4.74 Å². The molecule has 0 aromatic rings. The van der Waals surface area contributed by atoms with E-state index < -0.39 is 0 Å². The summed E-state index contributed by atoms with van der Waals surface area (Å²) in [5.41, 5.74) is 0. The molecule has 2 atom stereocenters. The molecular weight excluding hydrogens is 210 g/mol. The lowest BCUT2D eigenvalue weighted by Crippen LogP contribution is -2.30. The van der Waals surface area contributed by atoms with E-state index in [9.17, 15) is 0 Å². The molecule has 2 heteroatoms. The van der Waals surface area contributed by atoms with Crippen LogP contribution in [0, 0.1) is 12.3 Å². The van der Waals surface area contributed by atoms with E-state index in [1.54, 1.807) is 0 Å². The number of unbranched alkanes of at least 4 members (excludes halogenated alkanes) is 1. The number of ether oxygens (including phenoxy) is 1. The molecule has 98 valence electrons. The lowest BCUT2D eigenvalue weighted by molar-refractivity contribution is 0.0992. The average Bonchev–Trinajstić information content (AvgIpc) is 2.85. The van der Waals surface area contributed by atoms with Crippen molar-refractivity contribution >= 4 is 0 Å². The molecule has 17 heavy (non-hydrogen) atoms. The molecule has 1 rings (SSSR count). The molecule has 0 aliphatic carbocycles. The van der Waals surface area contributed by atoms with Gasteiger partial charge in [-0.2, -0.15) is 0 Å². The Morgan fingerprint density at radius 1 is 1.47 bits per heavy atom. The monoisotopic (exact) mass is 237 g/mol. The van der Waals surface area contributed by atoms with Crippen LogP contribution in [0.25, 0.3) is 0 Å². The average molecular weight is 237 g/mol. The summed E-state index contributed by atoms with van der Waals surface area (Å²) in [6.45, 7) is 4.30. The fraction of sp³-hybridized carbons (Fsp3) is 0.867. The minimum absolute atomic E-state index is 0.522. The molecule has 0 bridgehead atoms.